The van der Waals surface area contributed by atoms with Gasteiger partial charge in [-0.15, -0.1) is 0 Å². The normalized spacial score (nSPS) is 14.8. The second-order valence-corrected chi connectivity index (χ2v) is 14.6. The molecule has 0 aliphatic heterocycles. The van der Waals surface area contributed by atoms with Gasteiger partial charge in [-0.05, 0) is 37.3 Å². The third-order valence-electron chi connectivity index (χ3n) is 8.82. The third kappa shape index (κ3) is 17.5. The van der Waals surface area contributed by atoms with E-state index in [0.29, 0.717) is 5.56 Å². The van der Waals surface area contributed by atoms with Crippen LogP contribution < -0.4 is 37.2 Å². The number of hydrogen-bond donors (Lipinski definition) is 11. The molecule has 8 atom stereocenters. The Labute approximate surface area is 350 Å². The van der Waals surface area contributed by atoms with Crippen LogP contribution in [0.4, 0.5) is 0 Å². The number of carboxylic acids is 3. The number of carbonyl (C=O) groups is 10. The van der Waals surface area contributed by atoms with Crippen molar-refractivity contribution in [3.05, 3.63) is 71.8 Å². The molecule has 0 aliphatic carbocycles. The number of carboxylic acid groups (broad SMARTS) is 3. The molecule has 21 nitrogen and oxygen atoms in total. The number of carbonyl (C=O) groups excluding carboxylic acids is 7. The molecule has 0 saturated carbocycles. The van der Waals surface area contributed by atoms with E-state index in [4.69, 9.17) is 0 Å². The van der Waals surface area contributed by atoms with Crippen molar-refractivity contribution in [2.45, 2.75) is 109 Å². The summed E-state index contributed by atoms with van der Waals surface area (Å²) in [5.74, 6) is -11.9. The van der Waals surface area contributed by atoms with E-state index in [1.807, 2.05) is 0 Å². The predicted molar refractivity (Wildman–Crippen MR) is 214 cm³/mol. The maximum atomic E-state index is 13.6. The molecule has 0 heterocycles. The van der Waals surface area contributed by atoms with Crippen molar-refractivity contribution in [2.75, 3.05) is 0 Å². The maximum absolute atomic E-state index is 13.6. The van der Waals surface area contributed by atoms with Gasteiger partial charge in [-0.1, -0.05) is 74.5 Å². The van der Waals surface area contributed by atoms with Crippen LogP contribution in [0.15, 0.2) is 60.7 Å². The molecule has 0 aromatic heterocycles. The molecule has 2 aromatic rings. The Morgan fingerprint density at radius 2 is 0.984 bits per heavy atom. The van der Waals surface area contributed by atoms with Crippen LogP contribution in [-0.4, -0.2) is 122 Å². The lowest BCUT2D eigenvalue weighted by Gasteiger charge is -2.28. The SMILES string of the molecule is CC(=O)N[C@@H](Cc1ccccc1)C(=O)N[C@H](C(=O)N[C@@H](CC(C)C)C(=O)N[C@@H](CC(=O)O)C(=O)N[C@@H](C)C(=O)N[C@@H](CC(=O)O)C(=O)N[C@H](C(=O)O)c1ccccc1)[C@@H](C)O. The van der Waals surface area contributed by atoms with Gasteiger partial charge < -0.3 is 57.6 Å². The van der Waals surface area contributed by atoms with E-state index in [0.717, 1.165) is 6.92 Å². The minimum Gasteiger partial charge on any atom is -0.481 e. The van der Waals surface area contributed by atoms with E-state index >= 15 is 0 Å². The zero-order chi connectivity index (χ0) is 46.0. The fourth-order valence-electron chi connectivity index (χ4n) is 5.82. The second kappa shape index (κ2) is 24.2. The smallest absolute Gasteiger partial charge is 0.330 e. The highest BCUT2D eigenvalue weighted by Crippen LogP contribution is 2.14. The molecule has 0 radical (unpaired) electrons. The van der Waals surface area contributed by atoms with Gasteiger partial charge in [0.25, 0.3) is 0 Å². The molecule has 2 rings (SSSR count). The first-order valence-electron chi connectivity index (χ1n) is 19.1. The number of benzene rings is 2. The van der Waals surface area contributed by atoms with Crippen molar-refractivity contribution in [1.82, 2.24) is 37.2 Å². The highest BCUT2D eigenvalue weighted by atomic mass is 16.4. The average Bonchev–Trinajstić information content (AvgIpc) is 3.17. The molecule has 332 valence electrons. The predicted octanol–water partition coefficient (Wildman–Crippen LogP) is -1.50. The first-order valence-corrected chi connectivity index (χ1v) is 19.1. The molecule has 0 fully saturated rings. The molecule has 11 N–H and O–H groups in total. The molecular formula is C40H53N7O14. The molecule has 0 saturated heterocycles. The zero-order valence-electron chi connectivity index (χ0n) is 34.2. The second-order valence-electron chi connectivity index (χ2n) is 14.6. The summed E-state index contributed by atoms with van der Waals surface area (Å²) in [6, 6.07) is 4.88. The van der Waals surface area contributed by atoms with Crippen LogP contribution in [-0.2, 0) is 54.4 Å². The van der Waals surface area contributed by atoms with Crippen molar-refractivity contribution >= 4 is 59.3 Å². The fraction of sp³-hybridized carbons (Fsp3) is 0.450. The van der Waals surface area contributed by atoms with Gasteiger partial charge in [-0.25, -0.2) is 4.79 Å². The monoisotopic (exact) mass is 855 g/mol. The van der Waals surface area contributed by atoms with E-state index in [2.05, 4.69) is 37.2 Å². The molecule has 21 heteroatoms. The molecule has 61 heavy (non-hydrogen) atoms. The molecule has 2 aromatic carbocycles. The van der Waals surface area contributed by atoms with E-state index in [9.17, 15) is 68.4 Å². The maximum Gasteiger partial charge on any atom is 0.330 e. The largest absolute Gasteiger partial charge is 0.481 e. The summed E-state index contributed by atoms with van der Waals surface area (Å²) in [6.07, 6.45) is -3.59. The Balaban J connectivity index is 2.22. The topological polar surface area (TPSA) is 336 Å². The first-order chi connectivity index (χ1) is 28.6. The number of aliphatic hydroxyl groups excluding tert-OH is 1. The lowest BCUT2D eigenvalue weighted by molar-refractivity contribution is -0.143. The number of hydrogen-bond acceptors (Lipinski definition) is 11. The van der Waals surface area contributed by atoms with Crippen LogP contribution in [0.2, 0.25) is 0 Å². The summed E-state index contributed by atoms with van der Waals surface area (Å²) < 4.78 is 0. The van der Waals surface area contributed by atoms with E-state index in [1.54, 1.807) is 50.2 Å². The molecule has 7 amide bonds. The molecule has 0 unspecified atom stereocenters. The Bertz CT molecular complexity index is 1890. The summed E-state index contributed by atoms with van der Waals surface area (Å²) in [7, 11) is 0. The minimum absolute atomic E-state index is 0.0340. The summed E-state index contributed by atoms with van der Waals surface area (Å²) >= 11 is 0. The molecule has 0 aliphatic rings. The fourth-order valence-corrected chi connectivity index (χ4v) is 5.82. The van der Waals surface area contributed by atoms with Crippen LogP contribution in [0.3, 0.4) is 0 Å². The van der Waals surface area contributed by atoms with Gasteiger partial charge in [0.1, 0.15) is 36.3 Å². The van der Waals surface area contributed by atoms with Crippen LogP contribution >= 0.6 is 0 Å². The number of nitrogens with one attached hydrogen (secondary N) is 7. The lowest BCUT2D eigenvalue weighted by Crippen LogP contribution is -2.61. The summed E-state index contributed by atoms with van der Waals surface area (Å²) in [4.78, 5) is 127. The van der Waals surface area contributed by atoms with Gasteiger partial charge in [-0.2, -0.15) is 0 Å². The highest BCUT2D eigenvalue weighted by molar-refractivity contribution is 5.98. The summed E-state index contributed by atoms with van der Waals surface area (Å²) in [5, 5.41) is 55.2. The van der Waals surface area contributed by atoms with Crippen LogP contribution in [0.25, 0.3) is 0 Å². The van der Waals surface area contributed by atoms with E-state index < -0.39 is 120 Å². The zero-order valence-corrected chi connectivity index (χ0v) is 34.2. The van der Waals surface area contributed by atoms with Gasteiger partial charge >= 0.3 is 17.9 Å². The quantitative estimate of drug-likeness (QED) is 0.0573. The van der Waals surface area contributed by atoms with Gasteiger partial charge in [0.15, 0.2) is 6.04 Å². The molecule has 0 spiro atoms. The minimum atomic E-state index is -1.87. The van der Waals surface area contributed by atoms with Crippen LogP contribution in [0.1, 0.15) is 71.0 Å². The Hall–Kier alpha value is -6.90. The highest BCUT2D eigenvalue weighted by Gasteiger charge is 2.36. The van der Waals surface area contributed by atoms with Crippen molar-refractivity contribution in [3.63, 3.8) is 0 Å². The van der Waals surface area contributed by atoms with Gasteiger partial charge in [-0.3, -0.25) is 43.2 Å². The third-order valence-corrected chi connectivity index (χ3v) is 8.82. The standard InChI is InChI=1S/C40H53N7O14/c1-20(2)16-26(45-39(59)32(22(4)48)46-37(57)27(42-23(5)49)17-24-12-8-6-9-13-24)36(56)44-28(18-30(50)51)35(55)41-21(3)34(54)43-29(19-31(52)53)38(58)47-33(40(60)61)25-14-10-7-11-15-25/h6-15,20-22,26-29,32-33,48H,16-19H2,1-5H3,(H,41,55)(H,42,49)(H,43,54)(H,44,56)(H,45,59)(H,46,57)(H,47,58)(H,50,51)(H,52,53)(H,60,61)/t21-,22+,26-,27-,28-,29-,32-,33-/m0/s1. The number of rotatable bonds is 24. The van der Waals surface area contributed by atoms with Crippen molar-refractivity contribution in [1.29, 1.82) is 0 Å². The Kier molecular flexibility index (Phi) is 20.0. The van der Waals surface area contributed by atoms with Crippen LogP contribution in [0.5, 0.6) is 0 Å². The molecular weight excluding hydrogens is 802 g/mol. The van der Waals surface area contributed by atoms with Crippen molar-refractivity contribution in [3.8, 4) is 0 Å². The number of aliphatic hydroxyl groups is 1. The van der Waals surface area contributed by atoms with Crippen molar-refractivity contribution < 1.29 is 68.4 Å². The van der Waals surface area contributed by atoms with Crippen LogP contribution in [0, 0.1) is 5.92 Å². The lowest BCUT2D eigenvalue weighted by atomic mass is 10.0. The van der Waals surface area contributed by atoms with Crippen molar-refractivity contribution in [2.24, 2.45) is 5.92 Å². The Morgan fingerprint density at radius 1 is 0.525 bits per heavy atom. The van der Waals surface area contributed by atoms with Gasteiger partial charge in [0, 0.05) is 13.3 Å². The number of aliphatic carboxylic acids is 3. The van der Waals surface area contributed by atoms with Gasteiger partial charge in [0.2, 0.25) is 41.4 Å². The first kappa shape index (κ1) is 50.2. The molecule has 0 bridgehead atoms. The summed E-state index contributed by atoms with van der Waals surface area (Å²) in [5.41, 5.74) is 0.824. The summed E-state index contributed by atoms with van der Waals surface area (Å²) in [6.45, 7) is 6.87. The van der Waals surface area contributed by atoms with E-state index in [-0.39, 0.29) is 24.3 Å². The van der Waals surface area contributed by atoms with E-state index in [1.165, 1.54) is 38.1 Å². The van der Waals surface area contributed by atoms with Gasteiger partial charge in [0.05, 0.1) is 18.9 Å². The number of amides is 7. The average molecular weight is 856 g/mol. The Morgan fingerprint density at radius 3 is 1.46 bits per heavy atom.